The predicted octanol–water partition coefficient (Wildman–Crippen LogP) is 3.53. The van der Waals surface area contributed by atoms with Crippen LogP contribution in [0.1, 0.15) is 41.5 Å². The summed E-state index contributed by atoms with van der Waals surface area (Å²) in [6, 6.07) is 13.7. The molecule has 0 aliphatic heterocycles. The van der Waals surface area contributed by atoms with E-state index < -0.39 is 0 Å². The van der Waals surface area contributed by atoms with Gasteiger partial charge in [0.2, 0.25) is 5.78 Å². The molecule has 0 saturated heterocycles. The number of ketones is 1. The molecule has 0 amide bonds. The number of hydrogen-bond donors (Lipinski definition) is 1. The van der Waals surface area contributed by atoms with Gasteiger partial charge in [-0.25, -0.2) is 0 Å². The molecule has 0 saturated carbocycles. The molecule has 4 nitrogen and oxygen atoms in total. The van der Waals surface area contributed by atoms with E-state index in [-0.39, 0.29) is 5.78 Å². The third kappa shape index (κ3) is 2.70. The molecule has 106 valence electrons. The monoisotopic (exact) mass is 279 g/mol. The van der Waals surface area contributed by atoms with E-state index in [0.29, 0.717) is 11.3 Å². The lowest BCUT2D eigenvalue weighted by Crippen LogP contribution is -2.05. The van der Waals surface area contributed by atoms with E-state index in [1.807, 2.05) is 42.5 Å². The average molecular weight is 279 g/mol. The number of fused-ring (bicyclic) bond motifs is 1. The van der Waals surface area contributed by atoms with Crippen molar-refractivity contribution < 1.29 is 4.79 Å². The van der Waals surface area contributed by atoms with E-state index in [1.54, 1.807) is 0 Å². The van der Waals surface area contributed by atoms with E-state index >= 15 is 0 Å². The highest BCUT2D eigenvalue weighted by molar-refractivity contribution is 6.10. The zero-order valence-electron chi connectivity index (χ0n) is 12.0. The lowest BCUT2D eigenvalue weighted by atomic mass is 10.0. The summed E-state index contributed by atoms with van der Waals surface area (Å²) in [6.07, 6.45) is 2.85. The fourth-order valence-electron chi connectivity index (χ4n) is 2.42. The summed E-state index contributed by atoms with van der Waals surface area (Å²) in [5.41, 5.74) is 1.86. The second-order valence-electron chi connectivity index (χ2n) is 5.11. The minimum atomic E-state index is -0.0689. The molecule has 0 aliphatic carbocycles. The highest BCUT2D eigenvalue weighted by Crippen LogP contribution is 2.18. The topological polar surface area (TPSA) is 58.6 Å². The fraction of sp³-hybridized carbons (Fsp3) is 0.235. The van der Waals surface area contributed by atoms with Crippen molar-refractivity contribution in [3.8, 4) is 0 Å². The number of carbonyl (C=O) groups excluding carboxylic acids is 1. The first-order chi connectivity index (χ1) is 10.3. The number of rotatable bonds is 5. The largest absolute Gasteiger partial charge is 0.287 e. The first-order valence-electron chi connectivity index (χ1n) is 7.22. The smallest absolute Gasteiger partial charge is 0.215 e. The number of aromatic amines is 1. The zero-order chi connectivity index (χ0) is 14.7. The van der Waals surface area contributed by atoms with Crippen LogP contribution in [0.2, 0.25) is 0 Å². The van der Waals surface area contributed by atoms with Crippen LogP contribution in [-0.2, 0) is 6.42 Å². The second-order valence-corrected chi connectivity index (χ2v) is 5.11. The Hall–Kier alpha value is -2.49. The van der Waals surface area contributed by atoms with Crippen molar-refractivity contribution in [3.63, 3.8) is 0 Å². The summed E-state index contributed by atoms with van der Waals surface area (Å²) in [5.74, 6) is -0.0689. The standard InChI is InChI=1S/C17H17N3O/c1-2-3-8-15-16(19-20-18-15)17(21)14-10-9-12-6-4-5-7-13(12)11-14/h4-7,9-11H,2-3,8H2,1H3,(H,18,19,20). The van der Waals surface area contributed by atoms with Crippen molar-refractivity contribution in [1.82, 2.24) is 15.4 Å². The van der Waals surface area contributed by atoms with Crippen molar-refractivity contribution >= 4 is 16.6 Å². The Morgan fingerprint density at radius 2 is 1.90 bits per heavy atom. The first kappa shape index (κ1) is 13.5. The third-order valence-electron chi connectivity index (χ3n) is 3.61. The van der Waals surface area contributed by atoms with Gasteiger partial charge in [0.25, 0.3) is 0 Å². The van der Waals surface area contributed by atoms with Crippen LogP contribution in [0.4, 0.5) is 0 Å². The molecule has 0 spiro atoms. The Kier molecular flexibility index (Phi) is 3.77. The Labute approximate surface area is 123 Å². The molecule has 21 heavy (non-hydrogen) atoms. The van der Waals surface area contributed by atoms with Crippen molar-refractivity contribution in [3.05, 3.63) is 59.4 Å². The fourth-order valence-corrected chi connectivity index (χ4v) is 2.42. The molecular formula is C17H17N3O. The van der Waals surface area contributed by atoms with Crippen LogP contribution < -0.4 is 0 Å². The van der Waals surface area contributed by atoms with E-state index in [9.17, 15) is 4.79 Å². The maximum absolute atomic E-state index is 12.6. The maximum atomic E-state index is 12.6. The summed E-state index contributed by atoms with van der Waals surface area (Å²) < 4.78 is 0. The quantitative estimate of drug-likeness (QED) is 0.727. The van der Waals surface area contributed by atoms with Gasteiger partial charge in [0.15, 0.2) is 5.69 Å². The van der Waals surface area contributed by atoms with E-state index in [1.165, 1.54) is 0 Å². The van der Waals surface area contributed by atoms with Gasteiger partial charge < -0.3 is 0 Å². The van der Waals surface area contributed by atoms with Crippen LogP contribution in [0.25, 0.3) is 10.8 Å². The Bertz CT molecular complexity index is 776. The summed E-state index contributed by atoms with van der Waals surface area (Å²) in [5, 5.41) is 12.9. The van der Waals surface area contributed by atoms with Crippen molar-refractivity contribution in [2.24, 2.45) is 0 Å². The molecule has 0 fully saturated rings. The number of H-pyrrole nitrogens is 1. The normalized spacial score (nSPS) is 10.9. The Balaban J connectivity index is 1.95. The van der Waals surface area contributed by atoms with Gasteiger partial charge in [0, 0.05) is 5.56 Å². The molecule has 0 aliphatic rings. The molecule has 3 rings (SSSR count). The molecule has 2 aromatic carbocycles. The molecule has 1 heterocycles. The van der Waals surface area contributed by atoms with Gasteiger partial charge in [-0.05, 0) is 29.7 Å². The highest BCUT2D eigenvalue weighted by Gasteiger charge is 2.18. The highest BCUT2D eigenvalue weighted by atomic mass is 16.1. The lowest BCUT2D eigenvalue weighted by Gasteiger charge is -2.03. The number of unbranched alkanes of at least 4 members (excludes halogenated alkanes) is 1. The molecule has 0 atom stereocenters. The molecule has 3 aromatic rings. The minimum absolute atomic E-state index is 0.0689. The Morgan fingerprint density at radius 1 is 1.10 bits per heavy atom. The van der Waals surface area contributed by atoms with Crippen LogP contribution in [-0.4, -0.2) is 21.2 Å². The molecule has 0 radical (unpaired) electrons. The summed E-state index contributed by atoms with van der Waals surface area (Å²) in [7, 11) is 0. The van der Waals surface area contributed by atoms with Crippen LogP contribution in [0, 0.1) is 0 Å². The molecule has 0 unspecified atom stereocenters. The third-order valence-corrected chi connectivity index (χ3v) is 3.61. The number of nitrogens with zero attached hydrogens (tertiary/aromatic N) is 2. The van der Waals surface area contributed by atoms with Gasteiger partial charge in [0.1, 0.15) is 0 Å². The van der Waals surface area contributed by atoms with Crippen LogP contribution in [0.3, 0.4) is 0 Å². The number of aromatic nitrogens is 3. The SMILES string of the molecule is CCCCc1n[nH]nc1C(=O)c1ccc2ccccc2c1. The zero-order valence-corrected chi connectivity index (χ0v) is 12.0. The Morgan fingerprint density at radius 3 is 2.71 bits per heavy atom. The van der Waals surface area contributed by atoms with Crippen molar-refractivity contribution in [1.29, 1.82) is 0 Å². The number of aryl methyl sites for hydroxylation is 1. The van der Waals surface area contributed by atoms with Gasteiger partial charge in [-0.3, -0.25) is 4.79 Å². The van der Waals surface area contributed by atoms with Crippen molar-refractivity contribution in [2.75, 3.05) is 0 Å². The maximum Gasteiger partial charge on any atom is 0.215 e. The second kappa shape index (κ2) is 5.87. The first-order valence-corrected chi connectivity index (χ1v) is 7.22. The number of benzene rings is 2. The summed E-state index contributed by atoms with van der Waals surface area (Å²) >= 11 is 0. The van der Waals surface area contributed by atoms with Crippen molar-refractivity contribution in [2.45, 2.75) is 26.2 Å². The molecule has 0 bridgehead atoms. The van der Waals surface area contributed by atoms with Crippen LogP contribution in [0.15, 0.2) is 42.5 Å². The summed E-state index contributed by atoms with van der Waals surface area (Å²) in [6.45, 7) is 2.12. The lowest BCUT2D eigenvalue weighted by molar-refractivity contribution is 0.103. The molecular weight excluding hydrogens is 262 g/mol. The predicted molar refractivity (Wildman–Crippen MR) is 82.4 cm³/mol. The number of hydrogen-bond acceptors (Lipinski definition) is 3. The van der Waals surface area contributed by atoms with Gasteiger partial charge in [-0.2, -0.15) is 15.4 Å². The van der Waals surface area contributed by atoms with E-state index in [2.05, 4.69) is 22.3 Å². The van der Waals surface area contributed by atoms with Crippen LogP contribution >= 0.6 is 0 Å². The van der Waals surface area contributed by atoms with Gasteiger partial charge >= 0.3 is 0 Å². The number of nitrogens with one attached hydrogen (secondary N) is 1. The van der Waals surface area contributed by atoms with Gasteiger partial charge in [0.05, 0.1) is 5.69 Å². The van der Waals surface area contributed by atoms with E-state index in [4.69, 9.17) is 0 Å². The molecule has 1 aromatic heterocycles. The van der Waals surface area contributed by atoms with Gasteiger partial charge in [-0.1, -0.05) is 49.7 Å². The minimum Gasteiger partial charge on any atom is -0.287 e. The molecule has 1 N–H and O–H groups in total. The summed E-state index contributed by atoms with van der Waals surface area (Å²) in [4.78, 5) is 12.6. The van der Waals surface area contributed by atoms with Crippen LogP contribution in [0.5, 0.6) is 0 Å². The van der Waals surface area contributed by atoms with Gasteiger partial charge in [-0.15, -0.1) is 0 Å². The average Bonchev–Trinajstić information content (AvgIpc) is 3.00. The number of carbonyl (C=O) groups is 1. The van der Waals surface area contributed by atoms with E-state index in [0.717, 1.165) is 35.7 Å². The molecule has 4 heteroatoms.